The molecule has 2 aliphatic heterocycles. The topological polar surface area (TPSA) is 6.48 Å². The molecule has 2 aromatic carbocycles. The van der Waals surface area contributed by atoms with Gasteiger partial charge in [-0.2, -0.15) is 0 Å². The summed E-state index contributed by atoms with van der Waals surface area (Å²) in [5, 5.41) is 0. The largest absolute Gasteiger partial charge is 1.00 e. The molecule has 2 aromatic rings. The number of fused-ring (bicyclic) bond motifs is 2. The van der Waals surface area contributed by atoms with Crippen LogP contribution in [0.5, 0.6) is 0 Å². The molecular weight excluding hydrogens is 649 g/mol. The number of allylic oxidation sites excluding steroid dienone is 6. The van der Waals surface area contributed by atoms with Crippen LogP contribution in [0.1, 0.15) is 13.8 Å². The summed E-state index contributed by atoms with van der Waals surface area (Å²) in [7, 11) is 0. The summed E-state index contributed by atoms with van der Waals surface area (Å²) in [5.41, 5.74) is 9.09. The second kappa shape index (κ2) is 14.9. The van der Waals surface area contributed by atoms with E-state index in [1.54, 1.807) is 23.3 Å². The van der Waals surface area contributed by atoms with Crippen LogP contribution >= 0.6 is 23.2 Å². The fraction of sp³-hybridized carbons (Fsp3) is 0.200. The molecule has 2 aliphatic carbocycles. The van der Waals surface area contributed by atoms with E-state index in [4.69, 9.17) is 23.2 Å². The Morgan fingerprint density at radius 3 is 1.32 bits per heavy atom. The van der Waals surface area contributed by atoms with Crippen molar-refractivity contribution in [2.45, 2.75) is 37.9 Å². The van der Waals surface area contributed by atoms with Crippen LogP contribution < -0.4 is 34.6 Å². The number of benzene rings is 2. The van der Waals surface area contributed by atoms with E-state index in [0.717, 1.165) is 45.1 Å². The van der Waals surface area contributed by atoms with Gasteiger partial charge in [-0.05, 0) is 24.3 Å². The van der Waals surface area contributed by atoms with Crippen molar-refractivity contribution in [3.8, 4) is 0 Å². The van der Waals surface area contributed by atoms with Gasteiger partial charge in [0.25, 0.3) is 0 Å². The van der Waals surface area contributed by atoms with Gasteiger partial charge in [0, 0.05) is 11.4 Å². The minimum Gasteiger partial charge on any atom is -1.00 e. The molecule has 2 heterocycles. The van der Waals surface area contributed by atoms with Gasteiger partial charge >= 0.3 is 41.9 Å². The standard InChI is InChI=1S/2C14H11ClN.C2H6Si.2ClH.Zr/c2*1-10-7-11-9-14(15)16(13(11)8-10)12-5-3-2-4-6-12;1-3-2;;;/h2*2-6,8-9,14H,1H3;1-2H3;2*1H;/q2*-1;;;;+2/p-2. The first-order chi connectivity index (χ1) is 17.2. The van der Waals surface area contributed by atoms with E-state index in [9.17, 15) is 0 Å². The van der Waals surface area contributed by atoms with Gasteiger partial charge in [-0.1, -0.05) is 61.6 Å². The molecule has 2 atom stereocenters. The third-order valence-electron chi connectivity index (χ3n) is 5.61. The molecule has 0 spiro atoms. The Morgan fingerprint density at radius 2 is 1.00 bits per heavy atom. The summed E-state index contributed by atoms with van der Waals surface area (Å²) < 4.78 is 0. The maximum Gasteiger partial charge on any atom is -1.00 e. The monoisotopic (exact) mass is 674 g/mol. The van der Waals surface area contributed by atoms with E-state index in [0.29, 0.717) is 0 Å². The number of para-hydroxylation sites is 2. The quantitative estimate of drug-likeness (QED) is 0.208. The van der Waals surface area contributed by atoms with Gasteiger partial charge in [-0.15, -0.1) is 82.0 Å². The second-order valence-corrected chi connectivity index (χ2v) is 19.3. The number of hydrogen-bond donors (Lipinski definition) is 0. The number of nitrogens with zero attached hydrogens (tertiary/aromatic N) is 2. The summed E-state index contributed by atoms with van der Waals surface area (Å²) >= 11 is 14.4. The Morgan fingerprint density at radius 1 is 0.684 bits per heavy atom. The van der Waals surface area contributed by atoms with E-state index in [2.05, 4.69) is 85.3 Å². The SMILES string of the molecule is CC1=[C-]C2=CC(Cl)N(c3ccccc3)C2=C1.CC1=[C-]C2=CC(Cl)N(c3ccccc3)C2=C1.C[Si](C)=[Zr+2].[Cl-].[Cl-]. The van der Waals surface area contributed by atoms with Gasteiger partial charge in [0.2, 0.25) is 0 Å². The van der Waals surface area contributed by atoms with Gasteiger partial charge in [0.1, 0.15) is 0 Å². The van der Waals surface area contributed by atoms with Crippen molar-refractivity contribution in [2.75, 3.05) is 9.80 Å². The second-order valence-electron chi connectivity index (χ2n) is 8.99. The van der Waals surface area contributed by atoms with E-state index in [-0.39, 0.29) is 41.2 Å². The molecule has 196 valence electrons. The first-order valence-corrected chi connectivity index (χ1v) is 18.9. The van der Waals surface area contributed by atoms with Crippen LogP contribution in [-0.4, -0.2) is 16.4 Å². The van der Waals surface area contributed by atoms with Crippen molar-refractivity contribution < 1.29 is 48.1 Å². The van der Waals surface area contributed by atoms with Crippen LogP contribution in [0.15, 0.2) is 119 Å². The molecule has 38 heavy (non-hydrogen) atoms. The predicted molar refractivity (Wildman–Crippen MR) is 152 cm³/mol. The van der Waals surface area contributed by atoms with Crippen LogP contribution in [0, 0.1) is 12.2 Å². The summed E-state index contributed by atoms with van der Waals surface area (Å²) in [6, 6.07) is 20.4. The van der Waals surface area contributed by atoms with Crippen LogP contribution in [-0.2, 0) is 23.3 Å². The van der Waals surface area contributed by atoms with Crippen molar-refractivity contribution in [3.05, 3.63) is 131 Å². The first-order valence-electron chi connectivity index (χ1n) is 11.8. The number of rotatable bonds is 2. The van der Waals surface area contributed by atoms with E-state index in [1.165, 1.54) is 0 Å². The smallest absolute Gasteiger partial charge is 1.00 e. The Bertz CT molecular complexity index is 1230. The third kappa shape index (κ3) is 7.90. The molecule has 0 fully saturated rings. The number of halogens is 4. The molecular formula is C30H28Cl4N2SiZr-2. The molecule has 0 N–H and O–H groups in total. The number of alkyl halides is 2. The summed E-state index contributed by atoms with van der Waals surface area (Å²) in [5.74, 6) is 0. The minimum atomic E-state index is -0.107. The fourth-order valence-corrected chi connectivity index (χ4v) is 4.96. The molecule has 0 amide bonds. The van der Waals surface area contributed by atoms with Crippen LogP contribution in [0.2, 0.25) is 13.1 Å². The Hall–Kier alpha value is -1.26. The summed E-state index contributed by atoms with van der Waals surface area (Å²) in [4.78, 5) is 4.25. The fourth-order valence-electron chi connectivity index (χ4n) is 4.27. The molecule has 6 rings (SSSR count). The molecule has 0 saturated carbocycles. The minimum absolute atomic E-state index is 0. The van der Waals surface area contributed by atoms with E-state index < -0.39 is 0 Å². The zero-order valence-corrected chi connectivity index (χ0v) is 28.1. The van der Waals surface area contributed by atoms with Crippen LogP contribution in [0.4, 0.5) is 11.4 Å². The Balaban J connectivity index is 0.000000224. The summed E-state index contributed by atoms with van der Waals surface area (Å²) in [6.45, 7) is 8.73. The molecule has 8 heteroatoms. The average molecular weight is 678 g/mol. The zero-order chi connectivity index (χ0) is 25.8. The first kappa shape index (κ1) is 32.9. The third-order valence-corrected chi connectivity index (χ3v) is 6.25. The van der Waals surface area contributed by atoms with Crippen molar-refractivity contribution >= 4 is 40.0 Å². The number of anilines is 2. The van der Waals surface area contributed by atoms with Gasteiger partial charge in [0.05, 0.1) is 11.0 Å². The average Bonchev–Trinajstić information content (AvgIpc) is 3.52. The van der Waals surface area contributed by atoms with E-state index >= 15 is 0 Å². The van der Waals surface area contributed by atoms with E-state index in [1.807, 2.05) is 48.6 Å². The molecule has 0 aromatic heterocycles. The molecule has 2 unspecified atom stereocenters. The maximum absolute atomic E-state index is 6.32. The molecule has 0 bridgehead atoms. The van der Waals surface area contributed by atoms with Crippen molar-refractivity contribution in [3.63, 3.8) is 0 Å². The van der Waals surface area contributed by atoms with Gasteiger partial charge in [-0.3, -0.25) is 0 Å². The van der Waals surface area contributed by atoms with Gasteiger partial charge < -0.3 is 34.6 Å². The zero-order valence-electron chi connectivity index (χ0n) is 21.6. The molecule has 4 aliphatic rings. The maximum atomic E-state index is 6.32. The van der Waals surface area contributed by atoms with Gasteiger partial charge in [-0.25, -0.2) is 0 Å². The van der Waals surface area contributed by atoms with Crippen molar-refractivity contribution in [1.82, 2.24) is 0 Å². The van der Waals surface area contributed by atoms with Crippen molar-refractivity contribution in [2.24, 2.45) is 0 Å². The Labute approximate surface area is 264 Å². The normalized spacial score (nSPS) is 19.9. The predicted octanol–water partition coefficient (Wildman–Crippen LogP) is 2.08. The van der Waals surface area contributed by atoms with Crippen molar-refractivity contribution in [1.29, 1.82) is 0 Å². The van der Waals surface area contributed by atoms with Crippen LogP contribution in [0.25, 0.3) is 0 Å². The number of hydrogen-bond acceptors (Lipinski definition) is 2. The summed E-state index contributed by atoms with van der Waals surface area (Å²) in [6.07, 6.45) is 14.9. The Kier molecular flexibility index (Phi) is 13.0. The molecule has 2 nitrogen and oxygen atoms in total. The molecule has 0 saturated heterocycles. The van der Waals surface area contributed by atoms with Crippen LogP contribution in [0.3, 0.4) is 0 Å². The molecule has 0 radical (unpaired) electrons. The van der Waals surface area contributed by atoms with Gasteiger partial charge in [0.15, 0.2) is 0 Å².